The number of anilines is 1. The number of amides is 1. The predicted molar refractivity (Wildman–Crippen MR) is 135 cm³/mol. The molecule has 5 rings (SSSR count). The molecule has 3 aromatic rings. The second-order valence-electron chi connectivity index (χ2n) is 9.12. The van der Waals surface area contributed by atoms with Gasteiger partial charge in [-0.25, -0.2) is 4.98 Å². The standard InChI is InChI=1S/C27H31N3O6/c1-29(2)26-18(12-20-21(32-3)9-10-23(33-4)25(20)28-26)14-30(15-19-6-5-11-34-19)27(31)17-7-8-22-24(13-17)36-16-35-22/h7-10,12-13,19H,5-6,11,14-16H2,1-4H3/t19-/m1/s1. The number of hydrogen-bond acceptors (Lipinski definition) is 8. The molecule has 0 N–H and O–H groups in total. The summed E-state index contributed by atoms with van der Waals surface area (Å²) in [7, 11) is 7.13. The monoisotopic (exact) mass is 493 g/mol. The van der Waals surface area contributed by atoms with Crippen molar-refractivity contribution in [3.05, 3.63) is 47.5 Å². The average molecular weight is 494 g/mol. The second kappa shape index (κ2) is 10.1. The maximum atomic E-state index is 13.8. The van der Waals surface area contributed by atoms with Crippen molar-refractivity contribution >= 4 is 22.6 Å². The average Bonchev–Trinajstić information content (AvgIpc) is 3.58. The topological polar surface area (TPSA) is 82.6 Å². The minimum Gasteiger partial charge on any atom is -0.496 e. The Bertz CT molecular complexity index is 1270. The zero-order valence-electron chi connectivity index (χ0n) is 21.1. The molecule has 1 fully saturated rings. The van der Waals surface area contributed by atoms with Crippen molar-refractivity contribution in [1.29, 1.82) is 0 Å². The van der Waals surface area contributed by atoms with Crippen molar-refractivity contribution in [2.75, 3.05) is 53.2 Å². The molecule has 36 heavy (non-hydrogen) atoms. The first kappa shape index (κ1) is 24.0. The van der Waals surface area contributed by atoms with Gasteiger partial charge in [-0.05, 0) is 49.2 Å². The van der Waals surface area contributed by atoms with Gasteiger partial charge in [-0.15, -0.1) is 0 Å². The van der Waals surface area contributed by atoms with Gasteiger partial charge >= 0.3 is 0 Å². The van der Waals surface area contributed by atoms with Crippen molar-refractivity contribution in [2.45, 2.75) is 25.5 Å². The number of ether oxygens (including phenoxy) is 5. The molecular weight excluding hydrogens is 462 g/mol. The summed E-state index contributed by atoms with van der Waals surface area (Å²) in [5, 5.41) is 0.824. The number of hydrogen-bond donors (Lipinski definition) is 0. The molecule has 1 saturated heterocycles. The van der Waals surface area contributed by atoms with Crippen molar-refractivity contribution < 1.29 is 28.5 Å². The van der Waals surface area contributed by atoms with Crippen LogP contribution in [0.5, 0.6) is 23.0 Å². The first-order valence-electron chi connectivity index (χ1n) is 12.0. The van der Waals surface area contributed by atoms with Crippen LogP contribution in [0.4, 0.5) is 5.82 Å². The maximum absolute atomic E-state index is 13.8. The molecule has 0 spiro atoms. The normalized spacial score (nSPS) is 16.3. The van der Waals surface area contributed by atoms with Crippen LogP contribution >= 0.6 is 0 Å². The third kappa shape index (κ3) is 4.58. The number of methoxy groups -OCH3 is 2. The van der Waals surface area contributed by atoms with Gasteiger partial charge < -0.3 is 33.5 Å². The maximum Gasteiger partial charge on any atom is 0.254 e. The van der Waals surface area contributed by atoms with E-state index in [0.717, 1.165) is 29.6 Å². The molecule has 1 amide bonds. The van der Waals surface area contributed by atoms with Crippen LogP contribution in [0, 0.1) is 0 Å². The third-order valence-corrected chi connectivity index (χ3v) is 6.54. The zero-order chi connectivity index (χ0) is 25.2. The number of fused-ring (bicyclic) bond motifs is 2. The minimum atomic E-state index is -0.105. The van der Waals surface area contributed by atoms with E-state index in [0.29, 0.717) is 53.8 Å². The first-order chi connectivity index (χ1) is 17.5. The lowest BCUT2D eigenvalue weighted by molar-refractivity contribution is 0.0507. The van der Waals surface area contributed by atoms with Crippen molar-refractivity contribution in [3.8, 4) is 23.0 Å². The Hall–Kier alpha value is -3.72. The Labute approximate surface area is 210 Å². The Morgan fingerprint density at radius 2 is 1.83 bits per heavy atom. The number of rotatable bonds is 8. The summed E-state index contributed by atoms with van der Waals surface area (Å²) in [4.78, 5) is 22.5. The molecule has 3 heterocycles. The zero-order valence-corrected chi connectivity index (χ0v) is 21.1. The van der Waals surface area contributed by atoms with Gasteiger partial charge in [0, 0.05) is 50.3 Å². The van der Waals surface area contributed by atoms with Gasteiger partial charge in [0.15, 0.2) is 11.5 Å². The highest BCUT2D eigenvalue weighted by atomic mass is 16.7. The fraction of sp³-hybridized carbons (Fsp3) is 0.407. The summed E-state index contributed by atoms with van der Waals surface area (Å²) in [6, 6.07) is 11.0. The molecule has 9 nitrogen and oxygen atoms in total. The summed E-state index contributed by atoms with van der Waals surface area (Å²) in [5.41, 5.74) is 2.14. The van der Waals surface area contributed by atoms with E-state index < -0.39 is 0 Å². The van der Waals surface area contributed by atoms with Crippen molar-refractivity contribution in [2.24, 2.45) is 0 Å². The minimum absolute atomic E-state index is 0.00573. The lowest BCUT2D eigenvalue weighted by atomic mass is 10.1. The molecule has 2 aliphatic rings. The van der Waals surface area contributed by atoms with Crippen molar-refractivity contribution in [3.63, 3.8) is 0 Å². The number of nitrogens with zero attached hydrogens (tertiary/aromatic N) is 3. The van der Waals surface area contributed by atoms with Gasteiger partial charge in [0.25, 0.3) is 5.91 Å². The van der Waals surface area contributed by atoms with E-state index in [4.69, 9.17) is 28.7 Å². The van der Waals surface area contributed by atoms with E-state index in [1.807, 2.05) is 42.1 Å². The number of carbonyl (C=O) groups excluding carboxylic acids is 1. The van der Waals surface area contributed by atoms with E-state index in [2.05, 4.69) is 0 Å². The quantitative estimate of drug-likeness (QED) is 0.468. The Balaban J connectivity index is 1.55. The van der Waals surface area contributed by atoms with Crippen LogP contribution < -0.4 is 23.8 Å². The van der Waals surface area contributed by atoms with Crippen LogP contribution in [-0.4, -0.2) is 70.2 Å². The molecular formula is C27H31N3O6. The number of pyridine rings is 1. The molecule has 9 heteroatoms. The van der Waals surface area contributed by atoms with Crippen LogP contribution in [0.25, 0.3) is 10.9 Å². The van der Waals surface area contributed by atoms with E-state index in [1.54, 1.807) is 32.4 Å². The lowest BCUT2D eigenvalue weighted by Gasteiger charge is -2.28. The van der Waals surface area contributed by atoms with Crippen LogP contribution in [-0.2, 0) is 11.3 Å². The Kier molecular flexibility index (Phi) is 6.73. The van der Waals surface area contributed by atoms with Gasteiger partial charge in [-0.2, -0.15) is 0 Å². The fourth-order valence-electron chi connectivity index (χ4n) is 4.76. The fourth-order valence-corrected chi connectivity index (χ4v) is 4.76. The Morgan fingerprint density at radius 1 is 1.06 bits per heavy atom. The Morgan fingerprint density at radius 3 is 2.56 bits per heavy atom. The molecule has 0 bridgehead atoms. The number of carbonyl (C=O) groups is 1. The molecule has 2 aromatic carbocycles. The highest BCUT2D eigenvalue weighted by Gasteiger charge is 2.27. The molecule has 0 aliphatic carbocycles. The van der Waals surface area contributed by atoms with E-state index in [-0.39, 0.29) is 18.8 Å². The first-order valence-corrected chi connectivity index (χ1v) is 12.0. The van der Waals surface area contributed by atoms with Crippen LogP contribution in [0.15, 0.2) is 36.4 Å². The van der Waals surface area contributed by atoms with Gasteiger partial charge in [0.2, 0.25) is 6.79 Å². The summed E-state index contributed by atoms with van der Waals surface area (Å²) < 4.78 is 28.0. The van der Waals surface area contributed by atoms with E-state index in [1.165, 1.54) is 0 Å². The summed E-state index contributed by atoms with van der Waals surface area (Å²) >= 11 is 0. The molecule has 0 saturated carbocycles. The lowest BCUT2D eigenvalue weighted by Crippen LogP contribution is -2.37. The van der Waals surface area contributed by atoms with Crippen LogP contribution in [0.3, 0.4) is 0 Å². The molecule has 0 unspecified atom stereocenters. The second-order valence-corrected chi connectivity index (χ2v) is 9.12. The van der Waals surface area contributed by atoms with Gasteiger partial charge in [-0.3, -0.25) is 4.79 Å². The van der Waals surface area contributed by atoms with E-state index >= 15 is 0 Å². The molecule has 2 aliphatic heterocycles. The SMILES string of the molecule is COc1ccc(OC)c2nc(N(C)C)c(CN(C[C@H]3CCCO3)C(=O)c3ccc4c(c3)OCO4)cc12. The number of aromatic nitrogens is 1. The van der Waals surface area contributed by atoms with E-state index in [9.17, 15) is 4.79 Å². The predicted octanol–water partition coefficient (Wildman–Crippen LogP) is 3.87. The third-order valence-electron chi connectivity index (χ3n) is 6.54. The largest absolute Gasteiger partial charge is 0.496 e. The summed E-state index contributed by atoms with van der Waals surface area (Å²) in [5.74, 6) is 3.23. The molecule has 1 atom stereocenters. The summed E-state index contributed by atoms with van der Waals surface area (Å²) in [6.07, 6.45) is 1.91. The number of benzene rings is 2. The highest BCUT2D eigenvalue weighted by molar-refractivity contribution is 5.96. The van der Waals surface area contributed by atoms with Gasteiger partial charge in [-0.1, -0.05) is 0 Å². The molecule has 1 aromatic heterocycles. The molecule has 0 radical (unpaired) electrons. The van der Waals surface area contributed by atoms with Gasteiger partial charge in [0.05, 0.1) is 20.3 Å². The van der Waals surface area contributed by atoms with Crippen molar-refractivity contribution in [1.82, 2.24) is 9.88 Å². The highest BCUT2D eigenvalue weighted by Crippen LogP contribution is 2.36. The molecule has 190 valence electrons. The smallest absolute Gasteiger partial charge is 0.254 e. The van der Waals surface area contributed by atoms with Crippen LogP contribution in [0.2, 0.25) is 0 Å². The summed E-state index contributed by atoms with van der Waals surface area (Å²) in [6.45, 7) is 1.71. The van der Waals surface area contributed by atoms with Crippen LogP contribution in [0.1, 0.15) is 28.8 Å². The van der Waals surface area contributed by atoms with Gasteiger partial charge in [0.1, 0.15) is 22.8 Å².